The van der Waals surface area contributed by atoms with Crippen molar-refractivity contribution in [3.05, 3.63) is 0 Å². The highest BCUT2D eigenvalue weighted by Crippen LogP contribution is 2.27. The van der Waals surface area contributed by atoms with E-state index in [0.717, 1.165) is 12.8 Å². The maximum atomic E-state index is 12.1. The van der Waals surface area contributed by atoms with E-state index < -0.39 is 11.9 Å². The van der Waals surface area contributed by atoms with Crippen LogP contribution in [0.15, 0.2) is 0 Å². The lowest BCUT2D eigenvalue weighted by atomic mass is 9.99. The van der Waals surface area contributed by atoms with Gasteiger partial charge in [-0.1, -0.05) is 6.92 Å². The zero-order valence-corrected chi connectivity index (χ0v) is 10.3. The first kappa shape index (κ1) is 12.4. The van der Waals surface area contributed by atoms with Crippen LogP contribution in [-0.2, 0) is 14.3 Å². The van der Waals surface area contributed by atoms with Crippen LogP contribution < -0.4 is 0 Å². The van der Waals surface area contributed by atoms with Crippen molar-refractivity contribution in [1.82, 2.24) is 4.90 Å². The fraction of sp³-hybridized carbons (Fsp3) is 0.833. The van der Waals surface area contributed by atoms with Gasteiger partial charge < -0.3 is 14.7 Å². The number of ether oxygens (including phenoxy) is 1. The molecule has 2 saturated heterocycles. The van der Waals surface area contributed by atoms with E-state index in [1.54, 1.807) is 4.90 Å². The molecular weight excluding hydrogens is 222 g/mol. The quantitative estimate of drug-likeness (QED) is 0.774. The van der Waals surface area contributed by atoms with Crippen LogP contribution in [0.2, 0.25) is 0 Å². The molecule has 0 saturated carbocycles. The van der Waals surface area contributed by atoms with Crippen LogP contribution >= 0.6 is 0 Å². The summed E-state index contributed by atoms with van der Waals surface area (Å²) in [4.78, 5) is 24.7. The SMILES string of the molecule is C[C@@H]1CC[C@H](C(=O)N2C[C@@H](C)[C@H](C(=O)O)C2)O1. The van der Waals surface area contributed by atoms with E-state index in [0.29, 0.717) is 13.1 Å². The van der Waals surface area contributed by atoms with E-state index in [9.17, 15) is 9.59 Å². The Labute approximate surface area is 101 Å². The van der Waals surface area contributed by atoms with Crippen LogP contribution in [0.1, 0.15) is 26.7 Å². The number of likely N-dealkylation sites (tertiary alicyclic amines) is 1. The summed E-state index contributed by atoms with van der Waals surface area (Å²) in [5.74, 6) is -1.26. The van der Waals surface area contributed by atoms with E-state index >= 15 is 0 Å². The standard InChI is InChI=1S/C12H19NO4/c1-7-5-13(6-9(7)12(15)16)11(14)10-4-3-8(2)17-10/h7-10H,3-6H2,1-2H3,(H,15,16)/t7-,8-,9-,10-/m1/s1. The van der Waals surface area contributed by atoms with Crippen LogP contribution in [0.3, 0.4) is 0 Å². The normalized spacial score (nSPS) is 37.4. The number of nitrogens with zero attached hydrogens (tertiary/aromatic N) is 1. The summed E-state index contributed by atoms with van der Waals surface area (Å²) in [6, 6.07) is 0. The van der Waals surface area contributed by atoms with Crippen molar-refractivity contribution in [1.29, 1.82) is 0 Å². The molecule has 4 atom stereocenters. The second-order valence-electron chi connectivity index (χ2n) is 5.18. The van der Waals surface area contributed by atoms with Crippen molar-refractivity contribution < 1.29 is 19.4 Å². The maximum Gasteiger partial charge on any atom is 0.308 e. The van der Waals surface area contributed by atoms with Crippen LogP contribution in [0.25, 0.3) is 0 Å². The molecule has 2 aliphatic rings. The number of hydrogen-bond donors (Lipinski definition) is 1. The molecule has 2 rings (SSSR count). The lowest BCUT2D eigenvalue weighted by molar-refractivity contribution is -0.143. The summed E-state index contributed by atoms with van der Waals surface area (Å²) in [6.07, 6.45) is 1.44. The highest BCUT2D eigenvalue weighted by Gasteiger charge is 2.40. The van der Waals surface area contributed by atoms with Crippen molar-refractivity contribution >= 4 is 11.9 Å². The van der Waals surface area contributed by atoms with Crippen molar-refractivity contribution in [2.24, 2.45) is 11.8 Å². The molecular formula is C12H19NO4. The van der Waals surface area contributed by atoms with Crippen molar-refractivity contribution in [3.8, 4) is 0 Å². The third-order valence-corrected chi connectivity index (χ3v) is 3.75. The van der Waals surface area contributed by atoms with Crippen LogP contribution in [0, 0.1) is 11.8 Å². The van der Waals surface area contributed by atoms with Gasteiger partial charge in [-0.3, -0.25) is 9.59 Å². The Bertz CT molecular complexity index is 330. The predicted octanol–water partition coefficient (Wildman–Crippen LogP) is 0.733. The molecule has 2 aliphatic heterocycles. The molecule has 0 aromatic carbocycles. The zero-order chi connectivity index (χ0) is 12.6. The molecule has 17 heavy (non-hydrogen) atoms. The summed E-state index contributed by atoms with van der Waals surface area (Å²) in [6.45, 7) is 4.69. The third kappa shape index (κ3) is 2.44. The molecule has 0 spiro atoms. The number of rotatable bonds is 2. The van der Waals surface area contributed by atoms with Gasteiger partial charge in [-0.2, -0.15) is 0 Å². The molecule has 2 fully saturated rings. The molecule has 0 bridgehead atoms. The van der Waals surface area contributed by atoms with Crippen LogP contribution in [0.5, 0.6) is 0 Å². The van der Waals surface area contributed by atoms with Crippen LogP contribution in [0.4, 0.5) is 0 Å². The van der Waals surface area contributed by atoms with Gasteiger partial charge in [0.1, 0.15) is 6.10 Å². The van der Waals surface area contributed by atoms with Crippen molar-refractivity contribution in [2.45, 2.75) is 38.9 Å². The summed E-state index contributed by atoms with van der Waals surface area (Å²) in [5.41, 5.74) is 0. The minimum absolute atomic E-state index is 0.0234. The lowest BCUT2D eigenvalue weighted by Crippen LogP contribution is -2.38. The second kappa shape index (κ2) is 4.64. The molecule has 2 heterocycles. The predicted molar refractivity (Wildman–Crippen MR) is 60.4 cm³/mol. The Morgan fingerprint density at radius 1 is 1.24 bits per heavy atom. The average Bonchev–Trinajstić information content (AvgIpc) is 2.83. The molecule has 1 N–H and O–H groups in total. The number of hydrogen-bond acceptors (Lipinski definition) is 3. The minimum atomic E-state index is -0.812. The molecule has 0 radical (unpaired) electrons. The molecule has 5 nitrogen and oxygen atoms in total. The van der Waals surface area contributed by atoms with Gasteiger partial charge in [-0.25, -0.2) is 0 Å². The molecule has 0 aromatic rings. The van der Waals surface area contributed by atoms with Gasteiger partial charge in [-0.05, 0) is 25.7 Å². The maximum absolute atomic E-state index is 12.1. The minimum Gasteiger partial charge on any atom is -0.481 e. The Morgan fingerprint density at radius 2 is 1.94 bits per heavy atom. The summed E-state index contributed by atoms with van der Waals surface area (Å²) < 4.78 is 5.53. The Hall–Kier alpha value is -1.10. The molecule has 96 valence electrons. The van der Waals surface area contributed by atoms with Gasteiger partial charge in [0.25, 0.3) is 5.91 Å². The topological polar surface area (TPSA) is 66.8 Å². The molecule has 5 heteroatoms. The number of carbonyl (C=O) groups is 2. The first-order chi connectivity index (χ1) is 7.99. The Balaban J connectivity index is 1.96. The number of carboxylic acids is 1. The number of carbonyl (C=O) groups excluding carboxylic acids is 1. The highest BCUT2D eigenvalue weighted by molar-refractivity contribution is 5.83. The number of aliphatic carboxylic acids is 1. The van der Waals surface area contributed by atoms with E-state index in [1.165, 1.54) is 0 Å². The van der Waals surface area contributed by atoms with Gasteiger partial charge in [0.05, 0.1) is 12.0 Å². The second-order valence-corrected chi connectivity index (χ2v) is 5.18. The van der Waals surface area contributed by atoms with E-state index in [-0.39, 0.29) is 24.0 Å². The Morgan fingerprint density at radius 3 is 2.41 bits per heavy atom. The molecule has 0 aromatic heterocycles. The van der Waals surface area contributed by atoms with Gasteiger partial charge in [0.2, 0.25) is 0 Å². The smallest absolute Gasteiger partial charge is 0.308 e. The highest BCUT2D eigenvalue weighted by atomic mass is 16.5. The number of carboxylic acid groups (broad SMARTS) is 1. The summed E-state index contributed by atoms with van der Waals surface area (Å²) >= 11 is 0. The third-order valence-electron chi connectivity index (χ3n) is 3.75. The average molecular weight is 241 g/mol. The fourth-order valence-electron chi connectivity index (χ4n) is 2.66. The summed E-state index contributed by atoms with van der Waals surface area (Å²) in [7, 11) is 0. The zero-order valence-electron chi connectivity index (χ0n) is 10.3. The molecule has 0 unspecified atom stereocenters. The fourth-order valence-corrected chi connectivity index (χ4v) is 2.66. The van der Waals surface area contributed by atoms with Gasteiger partial charge in [0, 0.05) is 13.1 Å². The van der Waals surface area contributed by atoms with E-state index in [2.05, 4.69) is 0 Å². The van der Waals surface area contributed by atoms with Gasteiger partial charge in [-0.15, -0.1) is 0 Å². The largest absolute Gasteiger partial charge is 0.481 e. The van der Waals surface area contributed by atoms with Crippen molar-refractivity contribution in [3.63, 3.8) is 0 Å². The Kier molecular flexibility index (Phi) is 3.38. The lowest BCUT2D eigenvalue weighted by Gasteiger charge is -2.20. The van der Waals surface area contributed by atoms with Gasteiger partial charge in [0.15, 0.2) is 0 Å². The van der Waals surface area contributed by atoms with Crippen LogP contribution in [-0.4, -0.2) is 47.2 Å². The van der Waals surface area contributed by atoms with Crippen molar-refractivity contribution in [2.75, 3.05) is 13.1 Å². The summed E-state index contributed by atoms with van der Waals surface area (Å²) in [5, 5.41) is 9.02. The molecule has 0 aliphatic carbocycles. The first-order valence-electron chi connectivity index (χ1n) is 6.16. The van der Waals surface area contributed by atoms with Gasteiger partial charge >= 0.3 is 5.97 Å². The number of amides is 1. The van der Waals surface area contributed by atoms with E-state index in [1.807, 2.05) is 13.8 Å². The monoisotopic (exact) mass is 241 g/mol. The molecule has 1 amide bonds. The van der Waals surface area contributed by atoms with E-state index in [4.69, 9.17) is 9.84 Å². The first-order valence-corrected chi connectivity index (χ1v) is 6.16.